The van der Waals surface area contributed by atoms with E-state index < -0.39 is 6.10 Å². The summed E-state index contributed by atoms with van der Waals surface area (Å²) >= 11 is 0. The number of esters is 3. The fourth-order valence-electron chi connectivity index (χ4n) is 8.52. The largest absolute Gasteiger partial charge is 0.462 e. The van der Waals surface area contributed by atoms with Crippen LogP contribution in [0.15, 0.2) is 97.2 Å². The minimum Gasteiger partial charge on any atom is -0.462 e. The Hall–Kier alpha value is -3.67. The van der Waals surface area contributed by atoms with Crippen LogP contribution < -0.4 is 0 Å². The molecule has 0 rings (SSSR count). The van der Waals surface area contributed by atoms with Crippen molar-refractivity contribution in [2.24, 2.45) is 0 Å². The van der Waals surface area contributed by atoms with Gasteiger partial charge in [-0.3, -0.25) is 14.4 Å². The highest BCUT2D eigenvalue weighted by Crippen LogP contribution is 2.16. The molecular formula is C67H114O6. The highest BCUT2D eigenvalue weighted by molar-refractivity contribution is 5.71. The first kappa shape index (κ1) is 69.3. The molecule has 0 aliphatic heterocycles. The number of carbonyl (C=O) groups is 3. The second-order valence-corrected chi connectivity index (χ2v) is 20.2. The van der Waals surface area contributed by atoms with Gasteiger partial charge < -0.3 is 14.2 Å². The van der Waals surface area contributed by atoms with E-state index in [1.165, 1.54) is 122 Å². The number of rotatable bonds is 55. The van der Waals surface area contributed by atoms with Crippen molar-refractivity contribution in [3.05, 3.63) is 97.2 Å². The highest BCUT2D eigenvalue weighted by Gasteiger charge is 2.19. The summed E-state index contributed by atoms with van der Waals surface area (Å²) in [5, 5.41) is 0. The maximum atomic E-state index is 12.8. The van der Waals surface area contributed by atoms with Gasteiger partial charge in [0.15, 0.2) is 6.10 Å². The quantitative estimate of drug-likeness (QED) is 0.0261. The standard InChI is InChI=1S/C67H114O6/c1-4-7-10-13-15-17-19-21-23-25-27-28-29-30-31-32-33-34-35-36-37-38-40-41-43-45-47-49-51-54-57-60-66(69)72-63-64(62-71-65(68)59-56-53-12-9-6-3)73-67(70)61-58-55-52-50-48-46-44-42-39-26-24-22-20-18-16-14-11-8-5-2/h7,10,15,17,21,23,27-28,30-31,33-34,36-37,40-41,64H,4-6,8-9,11-14,16,18-20,22,24-26,29,32,35,38-39,42-63H2,1-3H3/b10-7-,17-15-,23-21-,28-27-,31-30-,34-33-,37-36-,41-40-. The Morgan fingerprint density at radius 1 is 0.288 bits per heavy atom. The Labute approximate surface area is 451 Å². The Bertz CT molecular complexity index is 1440. The minimum absolute atomic E-state index is 0.0804. The Morgan fingerprint density at radius 2 is 0.534 bits per heavy atom. The van der Waals surface area contributed by atoms with Crippen LogP contribution in [-0.4, -0.2) is 37.2 Å². The van der Waals surface area contributed by atoms with Crippen molar-refractivity contribution in [2.45, 2.75) is 297 Å². The number of hydrogen-bond acceptors (Lipinski definition) is 6. The molecule has 0 radical (unpaired) electrons. The lowest BCUT2D eigenvalue weighted by Crippen LogP contribution is -2.30. The van der Waals surface area contributed by atoms with Crippen LogP contribution in [0.25, 0.3) is 0 Å². The molecule has 0 aromatic carbocycles. The molecule has 1 atom stereocenters. The van der Waals surface area contributed by atoms with Gasteiger partial charge in [-0.15, -0.1) is 0 Å². The molecule has 0 saturated carbocycles. The van der Waals surface area contributed by atoms with E-state index in [-0.39, 0.29) is 31.1 Å². The van der Waals surface area contributed by atoms with E-state index in [0.29, 0.717) is 19.3 Å². The van der Waals surface area contributed by atoms with Crippen molar-refractivity contribution < 1.29 is 28.6 Å². The van der Waals surface area contributed by atoms with Crippen molar-refractivity contribution in [1.29, 1.82) is 0 Å². The average Bonchev–Trinajstić information content (AvgIpc) is 3.39. The second kappa shape index (κ2) is 60.9. The lowest BCUT2D eigenvalue weighted by Gasteiger charge is -2.18. The van der Waals surface area contributed by atoms with Crippen molar-refractivity contribution in [3.63, 3.8) is 0 Å². The summed E-state index contributed by atoms with van der Waals surface area (Å²) in [7, 11) is 0. The molecule has 0 spiro atoms. The molecule has 0 amide bonds. The van der Waals surface area contributed by atoms with Gasteiger partial charge in [0.25, 0.3) is 0 Å². The summed E-state index contributed by atoms with van der Waals surface area (Å²) in [6.45, 7) is 6.45. The van der Waals surface area contributed by atoms with Crippen LogP contribution in [0.4, 0.5) is 0 Å². The van der Waals surface area contributed by atoms with E-state index >= 15 is 0 Å². The van der Waals surface area contributed by atoms with Crippen LogP contribution in [-0.2, 0) is 28.6 Å². The lowest BCUT2D eigenvalue weighted by atomic mass is 10.0. The third kappa shape index (κ3) is 59.1. The summed E-state index contributed by atoms with van der Waals surface area (Å²) in [6, 6.07) is 0. The van der Waals surface area contributed by atoms with E-state index in [9.17, 15) is 14.4 Å². The zero-order valence-electron chi connectivity index (χ0n) is 47.9. The fourth-order valence-corrected chi connectivity index (χ4v) is 8.52. The first-order chi connectivity index (χ1) is 36.0. The van der Waals surface area contributed by atoms with Crippen LogP contribution >= 0.6 is 0 Å². The first-order valence-corrected chi connectivity index (χ1v) is 30.7. The molecule has 6 nitrogen and oxygen atoms in total. The normalized spacial score (nSPS) is 12.8. The molecule has 418 valence electrons. The molecule has 0 aliphatic carbocycles. The van der Waals surface area contributed by atoms with Gasteiger partial charge in [-0.1, -0.05) is 285 Å². The van der Waals surface area contributed by atoms with E-state index in [1.54, 1.807) is 0 Å². The summed E-state index contributed by atoms with van der Waals surface area (Å²) in [4.78, 5) is 37.9. The minimum atomic E-state index is -0.778. The smallest absolute Gasteiger partial charge is 0.306 e. The summed E-state index contributed by atoms with van der Waals surface area (Å²) in [5.74, 6) is -0.901. The molecular weight excluding hydrogens is 901 g/mol. The Balaban J connectivity index is 4.10. The van der Waals surface area contributed by atoms with Crippen molar-refractivity contribution in [3.8, 4) is 0 Å². The van der Waals surface area contributed by atoms with Crippen LogP contribution in [0.5, 0.6) is 0 Å². The van der Waals surface area contributed by atoms with E-state index in [1.807, 2.05) is 0 Å². The molecule has 0 aliphatic rings. The molecule has 6 heteroatoms. The van der Waals surface area contributed by atoms with Gasteiger partial charge in [-0.25, -0.2) is 0 Å². The predicted octanol–water partition coefficient (Wildman–Crippen LogP) is 20.9. The zero-order chi connectivity index (χ0) is 52.9. The van der Waals surface area contributed by atoms with Crippen molar-refractivity contribution in [1.82, 2.24) is 0 Å². The summed E-state index contributed by atoms with van der Waals surface area (Å²) in [6.07, 6.45) is 81.7. The monoisotopic (exact) mass is 1010 g/mol. The molecule has 0 saturated heterocycles. The van der Waals surface area contributed by atoms with Crippen LogP contribution in [0, 0.1) is 0 Å². The van der Waals surface area contributed by atoms with Gasteiger partial charge in [0.2, 0.25) is 0 Å². The third-order valence-corrected chi connectivity index (χ3v) is 13.1. The lowest BCUT2D eigenvalue weighted by molar-refractivity contribution is -0.167. The number of allylic oxidation sites excluding steroid dienone is 16. The van der Waals surface area contributed by atoms with Gasteiger partial charge in [0.1, 0.15) is 13.2 Å². The van der Waals surface area contributed by atoms with Gasteiger partial charge in [-0.05, 0) is 83.5 Å². The predicted molar refractivity (Wildman–Crippen MR) is 316 cm³/mol. The summed E-state index contributed by atoms with van der Waals surface area (Å²) < 4.78 is 16.7. The molecule has 73 heavy (non-hydrogen) atoms. The SMILES string of the molecule is CC/C=C\C/C=C\C/C=C\C/C=C\C/C=C\C/C=C\C/C=C\C/C=C\CCCCCCCCC(=O)OCC(COC(=O)CCCCCCC)OC(=O)CCCCCCCCCCCCCCCCCCCCC. The van der Waals surface area contributed by atoms with E-state index in [4.69, 9.17) is 14.2 Å². The van der Waals surface area contributed by atoms with Crippen LogP contribution in [0.1, 0.15) is 290 Å². The molecule has 0 bridgehead atoms. The topological polar surface area (TPSA) is 78.9 Å². The second-order valence-electron chi connectivity index (χ2n) is 20.2. The first-order valence-electron chi connectivity index (χ1n) is 30.7. The van der Waals surface area contributed by atoms with E-state index in [0.717, 1.165) is 128 Å². The molecule has 0 fully saturated rings. The van der Waals surface area contributed by atoms with Gasteiger partial charge >= 0.3 is 17.9 Å². The third-order valence-electron chi connectivity index (χ3n) is 13.1. The highest BCUT2D eigenvalue weighted by atomic mass is 16.6. The molecule has 0 aromatic heterocycles. The number of ether oxygens (including phenoxy) is 3. The molecule has 0 N–H and O–H groups in total. The van der Waals surface area contributed by atoms with Crippen LogP contribution in [0.3, 0.4) is 0 Å². The van der Waals surface area contributed by atoms with Crippen molar-refractivity contribution in [2.75, 3.05) is 13.2 Å². The zero-order valence-corrected chi connectivity index (χ0v) is 47.9. The Kier molecular flexibility index (Phi) is 57.8. The molecule has 1 unspecified atom stereocenters. The summed E-state index contributed by atoms with van der Waals surface area (Å²) in [5.41, 5.74) is 0. The fraction of sp³-hybridized carbons (Fsp3) is 0.716. The molecule has 0 aromatic rings. The van der Waals surface area contributed by atoms with Crippen molar-refractivity contribution >= 4 is 17.9 Å². The molecule has 0 heterocycles. The maximum Gasteiger partial charge on any atom is 0.306 e. The van der Waals surface area contributed by atoms with Crippen LogP contribution in [0.2, 0.25) is 0 Å². The average molecular weight is 1020 g/mol. The number of hydrogen-bond donors (Lipinski definition) is 0. The van der Waals surface area contributed by atoms with Gasteiger partial charge in [0.05, 0.1) is 0 Å². The van der Waals surface area contributed by atoms with E-state index in [2.05, 4.69) is 118 Å². The van der Waals surface area contributed by atoms with Gasteiger partial charge in [-0.2, -0.15) is 0 Å². The number of carbonyl (C=O) groups excluding carboxylic acids is 3. The van der Waals surface area contributed by atoms with Gasteiger partial charge in [0, 0.05) is 19.3 Å². The maximum absolute atomic E-state index is 12.8. The Morgan fingerprint density at radius 3 is 0.836 bits per heavy atom. The number of unbranched alkanes of at least 4 members (excludes halogenated alkanes) is 28.